The van der Waals surface area contributed by atoms with E-state index in [1.165, 1.54) is 4.01 Å². The highest BCUT2D eigenvalue weighted by Gasteiger charge is 2.12. The van der Waals surface area contributed by atoms with E-state index in [-0.39, 0.29) is 16.4 Å². The maximum absolute atomic E-state index is 8.94. The van der Waals surface area contributed by atoms with Crippen molar-refractivity contribution in [3.63, 3.8) is 0 Å². The van der Waals surface area contributed by atoms with Gasteiger partial charge in [-0.25, -0.2) is 0 Å². The van der Waals surface area contributed by atoms with Crippen molar-refractivity contribution in [3.8, 4) is 0 Å². The van der Waals surface area contributed by atoms with Crippen LogP contribution in [0.1, 0.15) is 0 Å². The van der Waals surface area contributed by atoms with Gasteiger partial charge in [0.25, 0.3) is 7.97 Å². The first-order chi connectivity index (χ1) is 5.31. The standard InChI is InChI=1S/C6H5NOS3/c8-3-11-2-1-4-5(11)10-6(9)7-4/h1-2,8H,3H2/p+1. The highest BCUT2D eigenvalue weighted by atomic mass is 32.2. The van der Waals surface area contributed by atoms with Gasteiger partial charge in [-0.1, -0.05) is 0 Å². The van der Waals surface area contributed by atoms with E-state index in [1.807, 2.05) is 11.4 Å². The molecule has 1 unspecified atom stereocenters. The summed E-state index contributed by atoms with van der Waals surface area (Å²) in [7, 11) is -0.0928. The average molecular weight is 204 g/mol. The Morgan fingerprint density at radius 2 is 2.55 bits per heavy atom. The summed E-state index contributed by atoms with van der Waals surface area (Å²) in [5, 5.41) is 11.0. The molecule has 2 nitrogen and oxygen atoms in total. The molecule has 0 amide bonds. The molecule has 0 aliphatic heterocycles. The number of hydrogen-bond acceptors (Lipinski definition) is 3. The fourth-order valence-electron chi connectivity index (χ4n) is 0.944. The lowest BCUT2D eigenvalue weighted by Gasteiger charge is -1.77. The second-order valence-electron chi connectivity index (χ2n) is 2.08. The number of thiophene rings is 1. The fraction of sp³-hybridized carbons (Fsp3) is 0.167. The highest BCUT2D eigenvalue weighted by molar-refractivity contribution is 7.74. The van der Waals surface area contributed by atoms with E-state index in [9.17, 15) is 0 Å². The molecule has 0 bridgehead atoms. The van der Waals surface area contributed by atoms with Gasteiger partial charge in [-0.3, -0.25) is 0 Å². The SMILES string of the molecule is OC[s+]1ccc2[nH]c(=S)sc21. The van der Waals surface area contributed by atoms with Crippen molar-refractivity contribution in [1.82, 2.24) is 4.98 Å². The van der Waals surface area contributed by atoms with Gasteiger partial charge >= 0.3 is 0 Å². The third-order valence-corrected chi connectivity index (χ3v) is 4.79. The van der Waals surface area contributed by atoms with E-state index in [1.54, 1.807) is 11.3 Å². The van der Waals surface area contributed by atoms with Crippen LogP contribution in [0.2, 0.25) is 0 Å². The van der Waals surface area contributed by atoms with Crippen LogP contribution in [0, 0.1) is 3.95 Å². The number of H-pyrrole nitrogens is 1. The first-order valence-electron chi connectivity index (χ1n) is 3.03. The zero-order valence-corrected chi connectivity index (χ0v) is 7.98. The van der Waals surface area contributed by atoms with Crippen LogP contribution in [0.25, 0.3) is 9.53 Å². The maximum Gasteiger partial charge on any atom is 0.274 e. The van der Waals surface area contributed by atoms with Crippen LogP contribution in [0.5, 0.6) is 0 Å². The van der Waals surface area contributed by atoms with Gasteiger partial charge < -0.3 is 10.1 Å². The van der Waals surface area contributed by atoms with Crippen molar-refractivity contribution in [2.45, 2.75) is 5.94 Å². The van der Waals surface area contributed by atoms with E-state index < -0.39 is 0 Å². The van der Waals surface area contributed by atoms with Crippen molar-refractivity contribution < 1.29 is 5.11 Å². The second kappa shape index (κ2) is 2.67. The molecule has 0 fully saturated rings. The summed E-state index contributed by atoms with van der Waals surface area (Å²) in [6, 6.07) is 1.99. The maximum atomic E-state index is 8.94. The fourth-order valence-corrected chi connectivity index (χ4v) is 4.05. The molecule has 0 radical (unpaired) electrons. The molecule has 0 saturated carbocycles. The molecule has 2 heterocycles. The third kappa shape index (κ3) is 1.14. The molecular formula is C6H6NOS3+. The van der Waals surface area contributed by atoms with E-state index in [0.29, 0.717) is 0 Å². The number of fused-ring (bicyclic) bond motifs is 1. The molecule has 0 aliphatic carbocycles. The lowest BCUT2D eigenvalue weighted by Crippen LogP contribution is -1.61. The topological polar surface area (TPSA) is 36.0 Å². The van der Waals surface area contributed by atoms with Gasteiger partial charge in [0.05, 0.1) is 5.38 Å². The van der Waals surface area contributed by atoms with Gasteiger partial charge in [0, 0.05) is 0 Å². The number of aliphatic hydroxyl groups excluding tert-OH is 1. The smallest absolute Gasteiger partial charge is 0.274 e. The quantitative estimate of drug-likeness (QED) is 0.553. The average Bonchev–Trinajstić information content (AvgIpc) is 2.45. The Labute approximate surface area is 75.1 Å². The Morgan fingerprint density at radius 1 is 1.73 bits per heavy atom. The van der Waals surface area contributed by atoms with E-state index in [0.717, 1.165) is 9.47 Å². The Bertz CT molecular complexity index is 424. The molecule has 2 rings (SSSR count). The lowest BCUT2D eigenvalue weighted by molar-refractivity contribution is 0.323. The van der Waals surface area contributed by atoms with Crippen LogP contribution in [0.4, 0.5) is 0 Å². The van der Waals surface area contributed by atoms with Crippen molar-refractivity contribution in [2.75, 3.05) is 0 Å². The minimum atomic E-state index is -0.0928. The Kier molecular flexibility index (Phi) is 1.80. The number of nitrogens with one attached hydrogen (secondary N) is 1. The number of hydrogen-bond donors (Lipinski definition) is 2. The van der Waals surface area contributed by atoms with Gasteiger partial charge in [-0.2, -0.15) is 0 Å². The monoisotopic (exact) mass is 204 g/mol. The number of rotatable bonds is 1. The molecule has 11 heavy (non-hydrogen) atoms. The number of aromatic nitrogens is 1. The lowest BCUT2D eigenvalue weighted by atomic mass is 10.6. The number of thiazole rings is 1. The first kappa shape index (κ1) is 7.42. The summed E-state index contributed by atoms with van der Waals surface area (Å²) in [5.74, 6) is 0.201. The summed E-state index contributed by atoms with van der Waals surface area (Å²) in [5.41, 5.74) is 1.08. The molecule has 1 atom stereocenters. The molecule has 0 aromatic carbocycles. The minimum absolute atomic E-state index is 0.0928. The summed E-state index contributed by atoms with van der Waals surface area (Å²) >= 11 is 6.53. The number of aliphatic hydroxyl groups is 1. The van der Waals surface area contributed by atoms with E-state index in [2.05, 4.69) is 4.98 Å². The van der Waals surface area contributed by atoms with Crippen molar-refractivity contribution >= 4 is 43.6 Å². The van der Waals surface area contributed by atoms with Crippen LogP contribution in [-0.4, -0.2) is 10.1 Å². The zero-order valence-electron chi connectivity index (χ0n) is 5.53. The molecule has 0 aliphatic rings. The zero-order chi connectivity index (χ0) is 7.84. The van der Waals surface area contributed by atoms with Gasteiger partial charge in [0.2, 0.25) is 0 Å². The van der Waals surface area contributed by atoms with Gasteiger partial charge in [-0.15, -0.1) is 0 Å². The molecule has 2 aromatic heterocycles. The predicted octanol–water partition coefficient (Wildman–Crippen LogP) is 2.66. The van der Waals surface area contributed by atoms with Crippen LogP contribution < -0.4 is 0 Å². The Morgan fingerprint density at radius 3 is 3.27 bits per heavy atom. The summed E-state index contributed by atoms with van der Waals surface area (Å²) in [6.07, 6.45) is 0. The largest absolute Gasteiger partial charge is 0.365 e. The number of aromatic amines is 1. The Balaban J connectivity index is 2.83. The van der Waals surface area contributed by atoms with Gasteiger partial charge in [0.1, 0.15) is 16.9 Å². The third-order valence-electron chi connectivity index (χ3n) is 1.42. The second-order valence-corrected chi connectivity index (χ2v) is 5.82. The first-order valence-corrected chi connectivity index (χ1v) is 5.71. The van der Waals surface area contributed by atoms with Crippen LogP contribution in [0.15, 0.2) is 11.4 Å². The summed E-state index contributed by atoms with van der Waals surface area (Å²) in [4.78, 5) is 3.06. The Hall–Kier alpha value is -0.230. The predicted molar refractivity (Wildman–Crippen MR) is 51.7 cm³/mol. The minimum Gasteiger partial charge on any atom is -0.365 e. The molecule has 58 valence electrons. The van der Waals surface area contributed by atoms with Gasteiger partial charge in [-0.05, 0) is 28.8 Å². The molecule has 2 N–H and O–H groups in total. The molecule has 2 aromatic rings. The van der Waals surface area contributed by atoms with E-state index in [4.69, 9.17) is 17.3 Å². The van der Waals surface area contributed by atoms with E-state index >= 15 is 0 Å². The molecule has 0 spiro atoms. The normalized spacial score (nSPS) is 12.6. The highest BCUT2D eigenvalue weighted by Crippen LogP contribution is 2.34. The van der Waals surface area contributed by atoms with Crippen molar-refractivity contribution in [1.29, 1.82) is 0 Å². The van der Waals surface area contributed by atoms with Crippen LogP contribution in [-0.2, 0) is 5.94 Å². The van der Waals surface area contributed by atoms with Crippen molar-refractivity contribution in [2.24, 2.45) is 0 Å². The van der Waals surface area contributed by atoms with Gasteiger partial charge in [0.15, 0.2) is 5.94 Å². The van der Waals surface area contributed by atoms with Crippen LogP contribution in [0.3, 0.4) is 0 Å². The van der Waals surface area contributed by atoms with Crippen molar-refractivity contribution in [3.05, 3.63) is 15.4 Å². The molecule has 5 heteroatoms. The summed E-state index contributed by atoms with van der Waals surface area (Å²) in [6.45, 7) is 0. The molecule has 0 saturated heterocycles. The molecular weight excluding hydrogens is 198 g/mol. The summed E-state index contributed by atoms with van der Waals surface area (Å²) < 4.78 is 1.99. The van der Waals surface area contributed by atoms with Crippen LogP contribution >= 0.6 is 34.0 Å².